The van der Waals surface area contributed by atoms with E-state index in [9.17, 15) is 0 Å². The lowest BCUT2D eigenvalue weighted by Gasteiger charge is -2.18. The van der Waals surface area contributed by atoms with Crippen LogP contribution in [0.25, 0.3) is 22.8 Å². The number of nitrogens with one attached hydrogen (secondary N) is 1. The van der Waals surface area contributed by atoms with Crippen LogP contribution in [0.5, 0.6) is 0 Å². The molecule has 21 heavy (non-hydrogen) atoms. The first-order chi connectivity index (χ1) is 10.4. The van der Waals surface area contributed by atoms with Crippen LogP contribution in [0.1, 0.15) is 11.1 Å². The molecule has 5 nitrogen and oxygen atoms in total. The fourth-order valence-electron chi connectivity index (χ4n) is 2.68. The van der Waals surface area contributed by atoms with Crippen molar-refractivity contribution in [3.63, 3.8) is 0 Å². The average Bonchev–Trinajstić information content (AvgIpc) is 3.05. The van der Waals surface area contributed by atoms with Gasteiger partial charge in [0.25, 0.3) is 5.89 Å². The highest BCUT2D eigenvalue weighted by molar-refractivity contribution is 5.64. The van der Waals surface area contributed by atoms with Crippen LogP contribution in [0.3, 0.4) is 0 Å². The molecule has 2 aromatic heterocycles. The summed E-state index contributed by atoms with van der Waals surface area (Å²) in [5.41, 5.74) is 4.51. The summed E-state index contributed by atoms with van der Waals surface area (Å²) < 4.78 is 5.46. The first-order valence-corrected chi connectivity index (χ1v) is 6.98. The Kier molecular flexibility index (Phi) is 2.97. The molecule has 0 unspecified atom stereocenters. The summed E-state index contributed by atoms with van der Waals surface area (Å²) in [5, 5.41) is 7.45. The number of pyridine rings is 1. The molecule has 104 valence electrons. The van der Waals surface area contributed by atoms with Gasteiger partial charge in [-0.15, -0.1) is 0 Å². The number of hydrogen-bond donors (Lipinski definition) is 1. The van der Waals surface area contributed by atoms with Crippen molar-refractivity contribution >= 4 is 0 Å². The van der Waals surface area contributed by atoms with Gasteiger partial charge in [-0.25, -0.2) is 0 Å². The van der Waals surface area contributed by atoms with Crippen LogP contribution in [-0.4, -0.2) is 21.7 Å². The molecular weight excluding hydrogens is 264 g/mol. The number of aromatic nitrogens is 3. The van der Waals surface area contributed by atoms with E-state index >= 15 is 0 Å². The van der Waals surface area contributed by atoms with E-state index in [0.29, 0.717) is 11.7 Å². The van der Waals surface area contributed by atoms with Crippen LogP contribution in [0.2, 0.25) is 0 Å². The standard InChI is InChI=1S/C16H14N4O/c1-3-11-9-18-8-6-13(11)14(5-1)16-19-15(20-21-16)12-4-2-7-17-10-12/h1-5,7,10,18H,6,8-9H2. The molecule has 3 heterocycles. The lowest BCUT2D eigenvalue weighted by Crippen LogP contribution is -2.24. The topological polar surface area (TPSA) is 63.8 Å². The van der Waals surface area contributed by atoms with Crippen molar-refractivity contribution in [1.29, 1.82) is 0 Å². The van der Waals surface area contributed by atoms with E-state index in [1.807, 2.05) is 24.3 Å². The molecule has 1 aliphatic heterocycles. The Morgan fingerprint density at radius 3 is 3.05 bits per heavy atom. The number of fused-ring (bicyclic) bond motifs is 1. The predicted molar refractivity (Wildman–Crippen MR) is 78.4 cm³/mol. The highest BCUT2D eigenvalue weighted by Gasteiger charge is 2.18. The smallest absolute Gasteiger partial charge is 0.258 e. The minimum absolute atomic E-state index is 0.574. The van der Waals surface area contributed by atoms with Crippen LogP contribution < -0.4 is 5.32 Å². The quantitative estimate of drug-likeness (QED) is 0.780. The molecule has 0 atom stereocenters. The Hall–Kier alpha value is -2.53. The summed E-state index contributed by atoms with van der Waals surface area (Å²) in [4.78, 5) is 8.60. The maximum atomic E-state index is 5.46. The molecule has 4 rings (SSSR count). The number of hydrogen-bond acceptors (Lipinski definition) is 5. The lowest BCUT2D eigenvalue weighted by molar-refractivity contribution is 0.431. The first kappa shape index (κ1) is 12.2. The second-order valence-electron chi connectivity index (χ2n) is 5.03. The van der Waals surface area contributed by atoms with Gasteiger partial charge in [-0.1, -0.05) is 17.3 Å². The molecule has 1 aliphatic rings. The Labute approximate surface area is 122 Å². The third kappa shape index (κ3) is 2.21. The third-order valence-electron chi connectivity index (χ3n) is 3.72. The normalized spacial score (nSPS) is 13.9. The van der Waals surface area contributed by atoms with Crippen molar-refractivity contribution in [3.8, 4) is 22.8 Å². The van der Waals surface area contributed by atoms with Gasteiger partial charge in [-0.2, -0.15) is 4.98 Å². The van der Waals surface area contributed by atoms with E-state index in [2.05, 4.69) is 26.5 Å². The van der Waals surface area contributed by atoms with Crippen molar-refractivity contribution in [3.05, 3.63) is 53.9 Å². The Morgan fingerprint density at radius 1 is 1.14 bits per heavy atom. The van der Waals surface area contributed by atoms with Crippen molar-refractivity contribution in [2.45, 2.75) is 13.0 Å². The third-order valence-corrected chi connectivity index (χ3v) is 3.72. The van der Waals surface area contributed by atoms with Crippen LogP contribution in [0, 0.1) is 0 Å². The van der Waals surface area contributed by atoms with Crippen LogP contribution in [0.15, 0.2) is 47.2 Å². The largest absolute Gasteiger partial charge is 0.334 e. The van der Waals surface area contributed by atoms with Gasteiger partial charge in [0.05, 0.1) is 0 Å². The highest BCUT2D eigenvalue weighted by Crippen LogP contribution is 2.28. The summed E-state index contributed by atoms with van der Waals surface area (Å²) in [6.45, 7) is 1.88. The number of benzene rings is 1. The van der Waals surface area contributed by atoms with Gasteiger partial charge >= 0.3 is 0 Å². The zero-order chi connectivity index (χ0) is 14.1. The van der Waals surface area contributed by atoms with E-state index in [1.54, 1.807) is 12.4 Å². The summed E-state index contributed by atoms with van der Waals surface area (Å²) in [5.74, 6) is 1.15. The van der Waals surface area contributed by atoms with Crippen molar-refractivity contribution in [1.82, 2.24) is 20.4 Å². The van der Waals surface area contributed by atoms with E-state index in [0.717, 1.165) is 30.6 Å². The molecule has 5 heteroatoms. The van der Waals surface area contributed by atoms with Gasteiger partial charge in [-0.3, -0.25) is 4.98 Å². The van der Waals surface area contributed by atoms with Crippen LogP contribution in [-0.2, 0) is 13.0 Å². The van der Waals surface area contributed by atoms with Crippen molar-refractivity contribution in [2.75, 3.05) is 6.54 Å². The summed E-state index contributed by atoms with van der Waals surface area (Å²) in [6, 6.07) is 10.0. The van der Waals surface area contributed by atoms with E-state index in [-0.39, 0.29) is 0 Å². The van der Waals surface area contributed by atoms with Gasteiger partial charge in [0.15, 0.2) is 0 Å². The minimum atomic E-state index is 0.574. The zero-order valence-corrected chi connectivity index (χ0v) is 11.4. The average molecular weight is 278 g/mol. The van der Waals surface area contributed by atoms with Gasteiger partial charge in [0, 0.05) is 30.1 Å². The molecular formula is C16H14N4O. The maximum absolute atomic E-state index is 5.46. The summed E-state index contributed by atoms with van der Waals surface area (Å²) in [7, 11) is 0. The monoisotopic (exact) mass is 278 g/mol. The fraction of sp³-hybridized carbons (Fsp3) is 0.188. The molecule has 0 amide bonds. The van der Waals surface area contributed by atoms with Gasteiger partial charge < -0.3 is 9.84 Å². The molecule has 0 aliphatic carbocycles. The highest BCUT2D eigenvalue weighted by atomic mass is 16.5. The van der Waals surface area contributed by atoms with Gasteiger partial charge in [0.2, 0.25) is 5.82 Å². The van der Waals surface area contributed by atoms with E-state index in [1.165, 1.54) is 11.1 Å². The fourth-order valence-corrected chi connectivity index (χ4v) is 2.68. The van der Waals surface area contributed by atoms with E-state index < -0.39 is 0 Å². The molecule has 1 N–H and O–H groups in total. The maximum Gasteiger partial charge on any atom is 0.258 e. The molecule has 0 spiro atoms. The molecule has 0 bridgehead atoms. The van der Waals surface area contributed by atoms with Crippen LogP contribution in [0.4, 0.5) is 0 Å². The van der Waals surface area contributed by atoms with Crippen LogP contribution >= 0.6 is 0 Å². The molecule has 3 aromatic rings. The SMILES string of the molecule is c1cncc(-c2noc(-c3cccc4c3CCNC4)n2)c1. The second kappa shape index (κ2) is 5.10. The second-order valence-corrected chi connectivity index (χ2v) is 5.03. The van der Waals surface area contributed by atoms with Crippen molar-refractivity contribution in [2.24, 2.45) is 0 Å². The number of nitrogens with zero attached hydrogens (tertiary/aromatic N) is 3. The van der Waals surface area contributed by atoms with Gasteiger partial charge in [0.1, 0.15) is 0 Å². The Balaban J connectivity index is 1.77. The summed E-state index contributed by atoms with van der Waals surface area (Å²) >= 11 is 0. The molecule has 0 radical (unpaired) electrons. The zero-order valence-electron chi connectivity index (χ0n) is 11.4. The van der Waals surface area contributed by atoms with Gasteiger partial charge in [-0.05, 0) is 42.3 Å². The minimum Gasteiger partial charge on any atom is -0.334 e. The predicted octanol–water partition coefficient (Wildman–Crippen LogP) is 2.44. The van der Waals surface area contributed by atoms with E-state index in [4.69, 9.17) is 4.52 Å². The van der Waals surface area contributed by atoms with Crippen molar-refractivity contribution < 1.29 is 4.52 Å². The molecule has 0 saturated carbocycles. The summed E-state index contributed by atoms with van der Waals surface area (Å²) in [6.07, 6.45) is 4.44. The Bertz CT molecular complexity index is 767. The number of rotatable bonds is 2. The molecule has 1 aromatic carbocycles. The molecule has 0 fully saturated rings. The lowest BCUT2D eigenvalue weighted by atomic mass is 9.95. The first-order valence-electron chi connectivity index (χ1n) is 6.98. The molecule has 0 saturated heterocycles. The Morgan fingerprint density at radius 2 is 2.14 bits per heavy atom.